The first-order valence-electron chi connectivity index (χ1n) is 10.9. The van der Waals surface area contributed by atoms with Crippen LogP contribution in [-0.4, -0.2) is 38.1 Å². The third-order valence-electron chi connectivity index (χ3n) is 5.95. The number of benzene rings is 3. The summed E-state index contributed by atoms with van der Waals surface area (Å²) in [4.78, 5) is 28.3. The van der Waals surface area contributed by atoms with Gasteiger partial charge in [-0.15, -0.1) is 0 Å². The summed E-state index contributed by atoms with van der Waals surface area (Å²) in [5, 5.41) is 11.6. The molecule has 1 heterocycles. The Hall–Kier alpha value is -3.68. The number of aliphatic hydroxyl groups excluding tert-OH is 1. The zero-order chi connectivity index (χ0) is 26.1. The van der Waals surface area contributed by atoms with Gasteiger partial charge in [0.15, 0.2) is 11.5 Å². The lowest BCUT2D eigenvalue weighted by Gasteiger charge is -2.27. The summed E-state index contributed by atoms with van der Waals surface area (Å²) in [6.45, 7) is 1.88. The zero-order valence-electron chi connectivity index (χ0n) is 20.0. The Morgan fingerprint density at radius 1 is 0.917 bits per heavy atom. The summed E-state index contributed by atoms with van der Waals surface area (Å²) in [6.07, 6.45) is 0. The first-order chi connectivity index (χ1) is 17.2. The third kappa shape index (κ3) is 4.14. The smallest absolute Gasteiger partial charge is 0.300 e. The fourth-order valence-corrected chi connectivity index (χ4v) is 5.04. The highest BCUT2D eigenvalue weighted by Gasteiger charge is 2.48. The molecule has 0 bridgehead atoms. The number of halogens is 2. The Labute approximate surface area is 218 Å². The van der Waals surface area contributed by atoms with Gasteiger partial charge < -0.3 is 19.3 Å². The van der Waals surface area contributed by atoms with Crippen LogP contribution in [0, 0.1) is 6.92 Å². The predicted molar refractivity (Wildman–Crippen MR) is 139 cm³/mol. The van der Waals surface area contributed by atoms with Crippen LogP contribution < -0.4 is 19.1 Å². The SMILES string of the molecule is COc1ccccc1C1/C(=C(\O)c2cc(Cl)c(OC)c(Cl)c2OC)C(=O)C(=O)N1c1cccc(C)c1. The molecule has 4 rings (SSSR count). The van der Waals surface area contributed by atoms with E-state index in [2.05, 4.69) is 0 Å². The Morgan fingerprint density at radius 2 is 1.61 bits per heavy atom. The van der Waals surface area contributed by atoms with Crippen molar-refractivity contribution in [2.75, 3.05) is 26.2 Å². The van der Waals surface area contributed by atoms with E-state index < -0.39 is 23.5 Å². The van der Waals surface area contributed by atoms with Crippen molar-refractivity contribution in [3.63, 3.8) is 0 Å². The van der Waals surface area contributed by atoms with Crippen molar-refractivity contribution >= 4 is 46.3 Å². The van der Waals surface area contributed by atoms with Crippen molar-refractivity contribution in [2.45, 2.75) is 13.0 Å². The molecule has 3 aromatic carbocycles. The number of carbonyl (C=O) groups is 2. The Bertz CT molecular complexity index is 1400. The molecule has 9 heteroatoms. The van der Waals surface area contributed by atoms with Crippen LogP contribution in [-0.2, 0) is 9.59 Å². The van der Waals surface area contributed by atoms with Gasteiger partial charge in [0.2, 0.25) is 0 Å². The van der Waals surface area contributed by atoms with Gasteiger partial charge in [-0.1, -0.05) is 53.5 Å². The van der Waals surface area contributed by atoms with Crippen molar-refractivity contribution in [3.8, 4) is 17.2 Å². The molecule has 1 N–H and O–H groups in total. The molecule has 0 saturated carbocycles. The van der Waals surface area contributed by atoms with Gasteiger partial charge in [0.25, 0.3) is 11.7 Å². The van der Waals surface area contributed by atoms with E-state index in [9.17, 15) is 14.7 Å². The van der Waals surface area contributed by atoms with Crippen molar-refractivity contribution in [2.24, 2.45) is 0 Å². The molecule has 0 aromatic heterocycles. The number of nitrogens with zero attached hydrogens (tertiary/aromatic N) is 1. The van der Waals surface area contributed by atoms with E-state index in [1.165, 1.54) is 32.3 Å². The Kier molecular flexibility index (Phi) is 7.15. The molecule has 0 radical (unpaired) electrons. The van der Waals surface area contributed by atoms with E-state index >= 15 is 0 Å². The molecule has 36 heavy (non-hydrogen) atoms. The van der Waals surface area contributed by atoms with Crippen LogP contribution in [0.3, 0.4) is 0 Å². The summed E-state index contributed by atoms with van der Waals surface area (Å²) >= 11 is 12.8. The molecule has 1 aliphatic rings. The minimum atomic E-state index is -1.01. The van der Waals surface area contributed by atoms with E-state index in [0.717, 1.165) is 5.56 Å². The fourth-order valence-electron chi connectivity index (χ4n) is 4.35. The molecule has 1 fully saturated rings. The number of para-hydroxylation sites is 1. The fraction of sp³-hybridized carbons (Fsp3) is 0.185. The molecular weight excluding hydrogens is 505 g/mol. The Balaban J connectivity index is 2.06. The maximum Gasteiger partial charge on any atom is 0.300 e. The van der Waals surface area contributed by atoms with Gasteiger partial charge in [-0.3, -0.25) is 14.5 Å². The van der Waals surface area contributed by atoms with E-state index in [4.69, 9.17) is 37.4 Å². The predicted octanol–water partition coefficient (Wildman–Crippen LogP) is 5.95. The summed E-state index contributed by atoms with van der Waals surface area (Å²) < 4.78 is 16.2. The van der Waals surface area contributed by atoms with Crippen LogP contribution in [0.2, 0.25) is 10.0 Å². The molecule has 1 aliphatic heterocycles. The Morgan fingerprint density at radius 3 is 2.25 bits per heavy atom. The molecule has 1 amide bonds. The quantitative estimate of drug-likeness (QED) is 0.242. The number of rotatable bonds is 6. The second kappa shape index (κ2) is 10.1. The first kappa shape index (κ1) is 25.4. The zero-order valence-corrected chi connectivity index (χ0v) is 21.5. The molecule has 1 unspecified atom stereocenters. The number of methoxy groups -OCH3 is 3. The topological polar surface area (TPSA) is 85.3 Å². The number of aliphatic hydroxyl groups is 1. The number of ether oxygens (including phenoxy) is 3. The standard InChI is InChI=1S/C27H23Cl2NO6/c1-14-8-7-9-15(12-14)30-22(16-10-5-6-11-19(16)34-2)20(24(32)27(30)33)23(31)17-13-18(28)26(36-4)21(29)25(17)35-3/h5-13,22,31H,1-4H3/b23-20+. The normalized spacial score (nSPS) is 16.8. The van der Waals surface area contributed by atoms with E-state index in [1.54, 1.807) is 42.5 Å². The van der Waals surface area contributed by atoms with Crippen LogP contribution in [0.1, 0.15) is 22.7 Å². The number of aryl methyl sites for hydroxylation is 1. The van der Waals surface area contributed by atoms with Gasteiger partial charge in [-0.2, -0.15) is 0 Å². The number of anilines is 1. The van der Waals surface area contributed by atoms with Crippen LogP contribution >= 0.6 is 23.2 Å². The number of amides is 1. The number of carbonyl (C=O) groups excluding carboxylic acids is 2. The molecule has 0 aliphatic carbocycles. The van der Waals surface area contributed by atoms with Crippen LogP contribution in [0.15, 0.2) is 60.2 Å². The van der Waals surface area contributed by atoms with Crippen molar-refractivity contribution in [1.29, 1.82) is 0 Å². The molecular formula is C27H23Cl2NO6. The molecule has 0 spiro atoms. The summed E-state index contributed by atoms with van der Waals surface area (Å²) in [5.41, 5.74) is 1.76. The molecule has 1 saturated heterocycles. The maximum absolute atomic E-state index is 13.5. The van der Waals surface area contributed by atoms with Gasteiger partial charge in [0.1, 0.15) is 16.5 Å². The molecule has 7 nitrogen and oxygen atoms in total. The average Bonchev–Trinajstić information content (AvgIpc) is 3.13. The van der Waals surface area contributed by atoms with E-state index in [1.807, 2.05) is 13.0 Å². The third-order valence-corrected chi connectivity index (χ3v) is 6.58. The van der Waals surface area contributed by atoms with Crippen LogP contribution in [0.5, 0.6) is 17.2 Å². The second-order valence-electron chi connectivity index (χ2n) is 8.04. The molecule has 3 aromatic rings. The summed E-state index contributed by atoms with van der Waals surface area (Å²) in [6, 6.07) is 14.5. The van der Waals surface area contributed by atoms with Gasteiger partial charge in [-0.25, -0.2) is 0 Å². The second-order valence-corrected chi connectivity index (χ2v) is 8.82. The lowest BCUT2D eigenvalue weighted by atomic mass is 9.94. The van der Waals surface area contributed by atoms with Crippen molar-refractivity contribution in [3.05, 3.63) is 86.9 Å². The molecule has 186 valence electrons. The highest BCUT2D eigenvalue weighted by molar-refractivity contribution is 6.52. The minimum absolute atomic E-state index is 0.0100. The minimum Gasteiger partial charge on any atom is -0.507 e. The first-order valence-corrected chi connectivity index (χ1v) is 11.6. The maximum atomic E-state index is 13.5. The lowest BCUT2D eigenvalue weighted by molar-refractivity contribution is -0.132. The number of Topliss-reactive ketones (excluding diaryl/α,β-unsaturated/α-hetero) is 1. The van der Waals surface area contributed by atoms with E-state index in [0.29, 0.717) is 17.0 Å². The summed E-state index contributed by atoms with van der Waals surface area (Å²) in [7, 11) is 4.24. The largest absolute Gasteiger partial charge is 0.507 e. The van der Waals surface area contributed by atoms with Gasteiger partial charge in [0, 0.05) is 11.3 Å². The van der Waals surface area contributed by atoms with Gasteiger partial charge >= 0.3 is 0 Å². The highest BCUT2D eigenvalue weighted by atomic mass is 35.5. The molecule has 1 atom stereocenters. The number of hydrogen-bond donors (Lipinski definition) is 1. The van der Waals surface area contributed by atoms with Gasteiger partial charge in [0.05, 0.1) is 43.5 Å². The van der Waals surface area contributed by atoms with E-state index in [-0.39, 0.29) is 32.7 Å². The van der Waals surface area contributed by atoms with Crippen molar-refractivity contribution in [1.82, 2.24) is 0 Å². The monoisotopic (exact) mass is 527 g/mol. The van der Waals surface area contributed by atoms with Crippen LogP contribution in [0.4, 0.5) is 5.69 Å². The van der Waals surface area contributed by atoms with Gasteiger partial charge in [-0.05, 0) is 36.8 Å². The van der Waals surface area contributed by atoms with Crippen LogP contribution in [0.25, 0.3) is 5.76 Å². The highest BCUT2D eigenvalue weighted by Crippen LogP contribution is 2.49. The number of ketones is 1. The average molecular weight is 528 g/mol. The lowest BCUT2D eigenvalue weighted by Crippen LogP contribution is -2.29. The van der Waals surface area contributed by atoms with Crippen molar-refractivity contribution < 1.29 is 28.9 Å². The number of hydrogen-bond acceptors (Lipinski definition) is 6. The summed E-state index contributed by atoms with van der Waals surface area (Å²) in [5.74, 6) is -1.56.